The molecule has 0 spiro atoms. The third-order valence-corrected chi connectivity index (χ3v) is 5.36. The summed E-state index contributed by atoms with van der Waals surface area (Å²) in [5.74, 6) is -3.37. The molecular formula is C13H16F3NO3. The van der Waals surface area contributed by atoms with Gasteiger partial charge in [0.2, 0.25) is 0 Å². The molecule has 4 rings (SSSR count). The number of aliphatic carboxylic acids is 1. The van der Waals surface area contributed by atoms with Gasteiger partial charge in [-0.25, -0.2) is 4.79 Å². The second-order valence-electron chi connectivity index (χ2n) is 6.43. The molecule has 0 radical (unpaired) electrons. The van der Waals surface area contributed by atoms with Crippen LogP contribution < -0.4 is 5.32 Å². The Balaban J connectivity index is 1.93. The van der Waals surface area contributed by atoms with E-state index in [0.717, 1.165) is 6.42 Å². The van der Waals surface area contributed by atoms with Gasteiger partial charge in [-0.05, 0) is 55.8 Å². The molecule has 4 saturated carbocycles. The van der Waals surface area contributed by atoms with E-state index in [1.807, 2.05) is 5.32 Å². The minimum absolute atomic E-state index is 0.373. The molecule has 0 aromatic rings. The van der Waals surface area contributed by atoms with E-state index in [1.54, 1.807) is 0 Å². The van der Waals surface area contributed by atoms with Crippen molar-refractivity contribution in [3.8, 4) is 0 Å². The van der Waals surface area contributed by atoms with Crippen LogP contribution in [0.15, 0.2) is 0 Å². The number of halogens is 3. The Morgan fingerprint density at radius 2 is 1.45 bits per heavy atom. The smallest absolute Gasteiger partial charge is 0.471 e. The van der Waals surface area contributed by atoms with E-state index in [0.29, 0.717) is 37.5 Å². The quantitative estimate of drug-likeness (QED) is 0.817. The van der Waals surface area contributed by atoms with Crippen LogP contribution in [0.25, 0.3) is 0 Å². The summed E-state index contributed by atoms with van der Waals surface area (Å²) in [5, 5.41) is 11.4. The first-order valence-corrected chi connectivity index (χ1v) is 6.86. The molecule has 4 aliphatic rings. The fourth-order valence-corrected chi connectivity index (χ4v) is 4.79. The highest BCUT2D eigenvalue weighted by molar-refractivity contribution is 5.90. The monoisotopic (exact) mass is 291 g/mol. The van der Waals surface area contributed by atoms with Crippen molar-refractivity contribution in [3.63, 3.8) is 0 Å². The third kappa shape index (κ3) is 1.82. The fraction of sp³-hybridized carbons (Fsp3) is 0.846. The summed E-state index contributed by atoms with van der Waals surface area (Å²) < 4.78 is 37.5. The van der Waals surface area contributed by atoms with E-state index in [-0.39, 0.29) is 11.8 Å². The first-order chi connectivity index (χ1) is 9.23. The molecule has 0 aromatic carbocycles. The molecule has 2 N–H and O–H groups in total. The number of hydrogen-bond donors (Lipinski definition) is 2. The normalized spacial score (nSPS) is 42.5. The standard InChI is InChI=1S/C13H16F3NO3/c14-13(15,16)10(18)17-12(11(19)20)8-2-6-1-7(4-8)5-9(12)3-6/h6-9H,1-5H2,(H,17,18)(H,19,20). The lowest BCUT2D eigenvalue weighted by Gasteiger charge is -2.59. The molecule has 0 saturated heterocycles. The van der Waals surface area contributed by atoms with Crippen molar-refractivity contribution in [2.45, 2.75) is 43.8 Å². The number of carbonyl (C=O) groups excluding carboxylic acids is 1. The molecule has 4 bridgehead atoms. The third-order valence-electron chi connectivity index (χ3n) is 5.36. The number of carboxylic acids is 1. The highest BCUT2D eigenvalue weighted by Crippen LogP contribution is 2.58. The summed E-state index contributed by atoms with van der Waals surface area (Å²) in [6.45, 7) is 0. The van der Waals surface area contributed by atoms with Crippen LogP contribution in [-0.4, -0.2) is 28.7 Å². The molecule has 4 nitrogen and oxygen atoms in total. The maximum atomic E-state index is 12.5. The van der Waals surface area contributed by atoms with Crippen molar-refractivity contribution >= 4 is 11.9 Å². The summed E-state index contributed by atoms with van der Waals surface area (Å²) in [6, 6.07) is 0. The number of carbonyl (C=O) groups is 2. The maximum absolute atomic E-state index is 12.5. The molecule has 0 atom stereocenters. The van der Waals surface area contributed by atoms with Crippen LogP contribution in [0.2, 0.25) is 0 Å². The van der Waals surface area contributed by atoms with Crippen molar-refractivity contribution in [3.05, 3.63) is 0 Å². The predicted molar refractivity (Wildman–Crippen MR) is 61.6 cm³/mol. The van der Waals surface area contributed by atoms with E-state index in [1.165, 1.54) is 0 Å². The molecule has 1 amide bonds. The molecule has 7 heteroatoms. The molecule has 0 heterocycles. The van der Waals surface area contributed by atoms with Crippen molar-refractivity contribution in [1.82, 2.24) is 5.32 Å². The average Bonchev–Trinajstić information content (AvgIpc) is 2.31. The first kappa shape index (κ1) is 13.7. The van der Waals surface area contributed by atoms with Crippen LogP contribution >= 0.6 is 0 Å². The van der Waals surface area contributed by atoms with Gasteiger partial charge in [-0.1, -0.05) is 0 Å². The lowest BCUT2D eigenvalue weighted by Crippen LogP contribution is -2.71. The van der Waals surface area contributed by atoms with Crippen molar-refractivity contribution in [1.29, 1.82) is 0 Å². The molecule has 4 fully saturated rings. The highest BCUT2D eigenvalue weighted by Gasteiger charge is 2.63. The summed E-state index contributed by atoms with van der Waals surface area (Å²) in [4.78, 5) is 23.0. The molecule has 0 unspecified atom stereocenters. The van der Waals surface area contributed by atoms with Gasteiger partial charge in [-0.15, -0.1) is 0 Å². The van der Waals surface area contributed by atoms with E-state index in [9.17, 15) is 27.9 Å². The number of amides is 1. The minimum atomic E-state index is -5.04. The summed E-state index contributed by atoms with van der Waals surface area (Å²) in [7, 11) is 0. The fourth-order valence-electron chi connectivity index (χ4n) is 4.79. The second-order valence-corrected chi connectivity index (χ2v) is 6.43. The largest absolute Gasteiger partial charge is 0.479 e. The number of alkyl halides is 3. The van der Waals surface area contributed by atoms with Gasteiger partial charge in [0, 0.05) is 0 Å². The Morgan fingerprint density at radius 3 is 1.80 bits per heavy atom. The molecule has 112 valence electrons. The molecule has 4 aliphatic carbocycles. The van der Waals surface area contributed by atoms with Crippen LogP contribution in [0.3, 0.4) is 0 Å². The topological polar surface area (TPSA) is 66.4 Å². The summed E-state index contributed by atoms with van der Waals surface area (Å²) >= 11 is 0. The zero-order valence-electron chi connectivity index (χ0n) is 10.7. The van der Waals surface area contributed by atoms with Gasteiger partial charge in [0.15, 0.2) is 0 Å². The van der Waals surface area contributed by atoms with Crippen LogP contribution in [0.1, 0.15) is 32.1 Å². The zero-order valence-corrected chi connectivity index (χ0v) is 10.7. The van der Waals surface area contributed by atoms with Crippen molar-refractivity contribution in [2.75, 3.05) is 0 Å². The van der Waals surface area contributed by atoms with Crippen LogP contribution in [0.5, 0.6) is 0 Å². The molecule has 20 heavy (non-hydrogen) atoms. The highest BCUT2D eigenvalue weighted by atomic mass is 19.4. The van der Waals surface area contributed by atoms with Gasteiger partial charge in [0.05, 0.1) is 0 Å². The Hall–Kier alpha value is -1.27. The zero-order chi connectivity index (χ0) is 14.7. The number of hydrogen-bond acceptors (Lipinski definition) is 2. The molecule has 0 aromatic heterocycles. The van der Waals surface area contributed by atoms with Crippen molar-refractivity contribution < 1.29 is 27.9 Å². The predicted octanol–water partition coefficient (Wildman–Crippen LogP) is 1.94. The second kappa shape index (κ2) is 4.11. The number of rotatable bonds is 2. The average molecular weight is 291 g/mol. The van der Waals surface area contributed by atoms with Gasteiger partial charge in [0.25, 0.3) is 0 Å². The van der Waals surface area contributed by atoms with Gasteiger partial charge in [-0.3, -0.25) is 4.79 Å². The lowest BCUT2D eigenvalue weighted by molar-refractivity contribution is -0.187. The van der Waals surface area contributed by atoms with E-state index in [4.69, 9.17) is 0 Å². The number of carboxylic acid groups (broad SMARTS) is 1. The Bertz CT molecular complexity index is 432. The van der Waals surface area contributed by atoms with E-state index in [2.05, 4.69) is 0 Å². The first-order valence-electron chi connectivity index (χ1n) is 6.86. The van der Waals surface area contributed by atoms with Crippen LogP contribution in [0.4, 0.5) is 13.2 Å². The van der Waals surface area contributed by atoms with Gasteiger partial charge in [-0.2, -0.15) is 13.2 Å². The Labute approximate surface area is 113 Å². The SMILES string of the molecule is O=C(NC1(C(=O)O)C2CC3CC(C2)CC1C3)C(F)(F)F. The van der Waals surface area contributed by atoms with Gasteiger partial charge >= 0.3 is 18.1 Å². The van der Waals surface area contributed by atoms with E-state index < -0.39 is 23.6 Å². The molecular weight excluding hydrogens is 275 g/mol. The van der Waals surface area contributed by atoms with Crippen molar-refractivity contribution in [2.24, 2.45) is 23.7 Å². The molecule has 0 aliphatic heterocycles. The summed E-state index contributed by atoms with van der Waals surface area (Å²) in [6.07, 6.45) is -1.56. The number of nitrogens with one attached hydrogen (secondary N) is 1. The summed E-state index contributed by atoms with van der Waals surface area (Å²) in [5.41, 5.74) is -1.72. The van der Waals surface area contributed by atoms with Gasteiger partial charge in [0.1, 0.15) is 5.54 Å². The van der Waals surface area contributed by atoms with E-state index >= 15 is 0 Å². The van der Waals surface area contributed by atoms with Crippen LogP contribution in [0, 0.1) is 23.7 Å². The van der Waals surface area contributed by atoms with Gasteiger partial charge < -0.3 is 10.4 Å². The lowest BCUT2D eigenvalue weighted by atomic mass is 9.48. The Morgan fingerprint density at radius 1 is 1.00 bits per heavy atom. The maximum Gasteiger partial charge on any atom is 0.471 e. The van der Waals surface area contributed by atoms with Crippen LogP contribution in [-0.2, 0) is 9.59 Å². The Kier molecular flexibility index (Phi) is 2.82. The minimum Gasteiger partial charge on any atom is -0.479 e.